The molecular weight excluding hydrogens is 321 g/mol. The Morgan fingerprint density at radius 1 is 0.833 bits per heavy atom. The number of hydrogen-bond acceptors (Lipinski definition) is 3. The molecule has 130 valence electrons. The Balaban J connectivity index is 2.61. The Hall–Kier alpha value is -1.61. The van der Waals surface area contributed by atoms with Crippen LogP contribution in [0.4, 0.5) is 11.4 Å². The zero-order chi connectivity index (χ0) is 17.7. The second kappa shape index (κ2) is 7.98. The predicted molar refractivity (Wildman–Crippen MR) is 100 cm³/mol. The molecule has 0 aromatic heterocycles. The average molecular weight is 347 g/mol. The largest absolute Gasteiger partial charge is 0.439 e. The van der Waals surface area contributed by atoms with Crippen LogP contribution in [0.3, 0.4) is 0 Å². The highest BCUT2D eigenvalue weighted by Gasteiger charge is 2.35. The van der Waals surface area contributed by atoms with Gasteiger partial charge in [0.25, 0.3) is 0 Å². The Morgan fingerprint density at radius 3 is 1.88 bits per heavy atom. The monoisotopic (exact) mass is 347 g/mol. The SMILES string of the molecule is CCOP(=O)(OCC)N(c1ccc(C)cc1)c1ccc(C)c(C)c1. The Bertz CT molecular complexity index is 718. The summed E-state index contributed by atoms with van der Waals surface area (Å²) in [5, 5.41) is 0. The quantitative estimate of drug-likeness (QED) is 0.582. The molecule has 0 N–H and O–H groups in total. The van der Waals surface area contributed by atoms with E-state index < -0.39 is 7.75 Å². The number of nitrogens with zero attached hydrogens (tertiary/aromatic N) is 1. The average Bonchev–Trinajstić information content (AvgIpc) is 2.53. The van der Waals surface area contributed by atoms with Crippen molar-refractivity contribution >= 4 is 19.1 Å². The molecule has 0 fully saturated rings. The van der Waals surface area contributed by atoms with Crippen LogP contribution in [0.25, 0.3) is 0 Å². The molecule has 0 aliphatic carbocycles. The van der Waals surface area contributed by atoms with Crippen molar-refractivity contribution in [2.75, 3.05) is 17.9 Å². The van der Waals surface area contributed by atoms with Crippen molar-refractivity contribution in [2.45, 2.75) is 34.6 Å². The van der Waals surface area contributed by atoms with Gasteiger partial charge in [-0.15, -0.1) is 0 Å². The molecular formula is C19H26NO3P. The number of rotatable bonds is 7. The van der Waals surface area contributed by atoms with Crippen molar-refractivity contribution in [3.05, 3.63) is 59.2 Å². The van der Waals surface area contributed by atoms with E-state index >= 15 is 0 Å². The first-order valence-corrected chi connectivity index (χ1v) is 9.74. The van der Waals surface area contributed by atoms with E-state index in [2.05, 4.69) is 6.92 Å². The molecule has 0 spiro atoms. The van der Waals surface area contributed by atoms with Crippen LogP contribution in [0.2, 0.25) is 0 Å². The standard InChI is InChI=1S/C19H26NO3P/c1-6-22-24(21,23-7-2)20(18-11-8-15(3)9-12-18)19-13-10-16(4)17(5)14-19/h8-14H,6-7H2,1-5H3. The summed E-state index contributed by atoms with van der Waals surface area (Å²) in [5.74, 6) is 0. The van der Waals surface area contributed by atoms with Gasteiger partial charge in [0.05, 0.1) is 24.6 Å². The second-order valence-corrected chi connectivity index (χ2v) is 7.57. The fourth-order valence-corrected chi connectivity index (χ4v) is 4.24. The molecule has 4 nitrogen and oxygen atoms in total. The fraction of sp³-hybridized carbons (Fsp3) is 0.368. The molecule has 5 heteroatoms. The summed E-state index contributed by atoms with van der Waals surface area (Å²) in [6.07, 6.45) is 0. The highest BCUT2D eigenvalue weighted by Crippen LogP contribution is 2.58. The Morgan fingerprint density at radius 2 is 1.38 bits per heavy atom. The molecule has 0 radical (unpaired) electrons. The van der Waals surface area contributed by atoms with Crippen LogP contribution in [-0.2, 0) is 13.6 Å². The highest BCUT2D eigenvalue weighted by molar-refractivity contribution is 7.56. The van der Waals surface area contributed by atoms with Gasteiger partial charge < -0.3 is 0 Å². The van der Waals surface area contributed by atoms with Crippen molar-refractivity contribution in [1.82, 2.24) is 0 Å². The van der Waals surface area contributed by atoms with Crippen LogP contribution in [0, 0.1) is 20.8 Å². The van der Waals surface area contributed by atoms with Gasteiger partial charge in [0, 0.05) is 0 Å². The molecule has 0 unspecified atom stereocenters. The summed E-state index contributed by atoms with van der Waals surface area (Å²) < 4.78 is 26.4. The van der Waals surface area contributed by atoms with Crippen molar-refractivity contribution in [1.29, 1.82) is 0 Å². The molecule has 0 heterocycles. The first kappa shape index (κ1) is 18.7. The minimum absolute atomic E-state index is 0.310. The lowest BCUT2D eigenvalue weighted by Crippen LogP contribution is -2.18. The maximum atomic E-state index is 13.5. The molecule has 0 aliphatic heterocycles. The van der Waals surface area contributed by atoms with Gasteiger partial charge >= 0.3 is 7.75 Å². The summed E-state index contributed by atoms with van der Waals surface area (Å²) in [6.45, 7) is 10.4. The molecule has 2 rings (SSSR count). The molecule has 0 bridgehead atoms. The lowest BCUT2D eigenvalue weighted by molar-refractivity contribution is 0.220. The van der Waals surface area contributed by atoms with Gasteiger partial charge in [-0.1, -0.05) is 23.8 Å². The summed E-state index contributed by atoms with van der Waals surface area (Å²) in [4.78, 5) is 0. The lowest BCUT2D eigenvalue weighted by atomic mass is 10.1. The Kier molecular flexibility index (Phi) is 6.22. The van der Waals surface area contributed by atoms with E-state index in [9.17, 15) is 4.57 Å². The van der Waals surface area contributed by atoms with Gasteiger partial charge in [-0.3, -0.25) is 9.05 Å². The third kappa shape index (κ3) is 4.07. The normalized spacial score (nSPS) is 11.5. The molecule has 0 saturated carbocycles. The van der Waals surface area contributed by atoms with E-state index in [4.69, 9.17) is 9.05 Å². The topological polar surface area (TPSA) is 38.8 Å². The summed E-state index contributed by atoms with van der Waals surface area (Å²) in [6, 6.07) is 13.8. The number of anilines is 2. The first-order valence-electron chi connectivity index (χ1n) is 8.25. The van der Waals surface area contributed by atoms with Crippen molar-refractivity contribution < 1.29 is 13.6 Å². The molecule has 0 atom stereocenters. The minimum Gasteiger partial charge on any atom is -0.292 e. The van der Waals surface area contributed by atoms with Gasteiger partial charge in [-0.2, -0.15) is 0 Å². The smallest absolute Gasteiger partial charge is 0.292 e. The van der Waals surface area contributed by atoms with E-state index in [0.29, 0.717) is 13.2 Å². The van der Waals surface area contributed by atoms with E-state index in [1.54, 1.807) is 4.67 Å². The van der Waals surface area contributed by atoms with Gasteiger partial charge in [0.2, 0.25) is 0 Å². The molecule has 0 saturated heterocycles. The molecule has 0 amide bonds. The maximum Gasteiger partial charge on any atom is 0.439 e. The van der Waals surface area contributed by atoms with E-state index in [1.807, 2.05) is 70.2 Å². The number of aryl methyl sites for hydroxylation is 3. The highest BCUT2D eigenvalue weighted by atomic mass is 31.2. The molecule has 0 aliphatic rings. The molecule has 2 aromatic rings. The van der Waals surface area contributed by atoms with Crippen LogP contribution in [0.1, 0.15) is 30.5 Å². The predicted octanol–water partition coefficient (Wildman–Crippen LogP) is 5.93. The van der Waals surface area contributed by atoms with Crippen molar-refractivity contribution in [2.24, 2.45) is 0 Å². The zero-order valence-corrected chi connectivity index (χ0v) is 16.0. The second-order valence-electron chi connectivity index (χ2n) is 5.72. The first-order chi connectivity index (χ1) is 11.4. The van der Waals surface area contributed by atoms with Gasteiger partial charge in [0.1, 0.15) is 0 Å². The number of hydrogen-bond donors (Lipinski definition) is 0. The van der Waals surface area contributed by atoms with E-state index in [-0.39, 0.29) is 0 Å². The van der Waals surface area contributed by atoms with Gasteiger partial charge in [0.15, 0.2) is 0 Å². The van der Waals surface area contributed by atoms with E-state index in [1.165, 1.54) is 5.56 Å². The minimum atomic E-state index is -3.49. The molecule has 24 heavy (non-hydrogen) atoms. The van der Waals surface area contributed by atoms with Crippen molar-refractivity contribution in [3.8, 4) is 0 Å². The lowest BCUT2D eigenvalue weighted by Gasteiger charge is -2.32. The maximum absolute atomic E-state index is 13.5. The van der Waals surface area contributed by atoms with Gasteiger partial charge in [-0.05, 0) is 70.0 Å². The summed E-state index contributed by atoms with van der Waals surface area (Å²) in [5.41, 5.74) is 5.04. The zero-order valence-electron chi connectivity index (χ0n) is 15.1. The van der Waals surface area contributed by atoms with Crippen LogP contribution < -0.4 is 4.67 Å². The van der Waals surface area contributed by atoms with Crippen LogP contribution in [0.5, 0.6) is 0 Å². The van der Waals surface area contributed by atoms with Crippen LogP contribution >= 0.6 is 7.75 Å². The van der Waals surface area contributed by atoms with Crippen molar-refractivity contribution in [3.63, 3.8) is 0 Å². The van der Waals surface area contributed by atoms with Crippen LogP contribution in [0.15, 0.2) is 42.5 Å². The third-order valence-corrected chi connectivity index (χ3v) is 5.96. The fourth-order valence-electron chi connectivity index (χ4n) is 2.45. The Labute approximate surface area is 145 Å². The number of benzene rings is 2. The van der Waals surface area contributed by atoms with Crippen LogP contribution in [-0.4, -0.2) is 13.2 Å². The summed E-state index contributed by atoms with van der Waals surface area (Å²) in [7, 11) is -3.49. The van der Waals surface area contributed by atoms with E-state index in [0.717, 1.165) is 22.5 Å². The molecule has 2 aromatic carbocycles. The summed E-state index contributed by atoms with van der Waals surface area (Å²) >= 11 is 0. The van der Waals surface area contributed by atoms with Gasteiger partial charge in [-0.25, -0.2) is 9.24 Å². The third-order valence-electron chi connectivity index (χ3n) is 3.84.